The molecule has 0 saturated heterocycles. The van der Waals surface area contributed by atoms with E-state index in [1.807, 2.05) is 13.0 Å². The molecule has 4 heteroatoms. The predicted molar refractivity (Wildman–Crippen MR) is 202 cm³/mol. The molecule has 0 bridgehead atoms. The summed E-state index contributed by atoms with van der Waals surface area (Å²) in [6.07, 6.45) is 56.2. The molecular weight excluding hydrogens is 566 g/mol. The summed E-state index contributed by atoms with van der Waals surface area (Å²) in [7, 11) is 0. The van der Waals surface area contributed by atoms with Crippen LogP contribution in [-0.2, 0) is 4.79 Å². The van der Waals surface area contributed by atoms with Crippen LogP contribution in [0, 0.1) is 0 Å². The highest BCUT2D eigenvalue weighted by atomic mass is 16.3. The number of hydrogen-bond donors (Lipinski definition) is 3. The summed E-state index contributed by atoms with van der Waals surface area (Å²) in [6, 6.07) is -0.658. The fraction of sp³-hybridized carbons (Fsp3) is 0.548. The molecule has 0 fully saturated rings. The van der Waals surface area contributed by atoms with Crippen LogP contribution in [0.2, 0.25) is 0 Å². The van der Waals surface area contributed by atoms with E-state index in [-0.39, 0.29) is 12.5 Å². The molecule has 0 aliphatic carbocycles. The van der Waals surface area contributed by atoms with E-state index in [9.17, 15) is 15.0 Å². The van der Waals surface area contributed by atoms with Gasteiger partial charge < -0.3 is 15.5 Å². The Bertz CT molecular complexity index is 948. The standard InChI is InChI=1S/C42H67NO3/c1-3-5-7-9-11-13-14-15-16-17-18-19-20-21-22-23-24-25-26-27-28-30-32-34-36-38-42(46)43-40(39-44)41(45)37-35-33-31-29-12-10-8-6-4-2/h4-7,11-13,15-16,18-19,21-22,24-25,29,35,37,40-41,44-45H,3,8-10,14,17,20,23,26-28,30-34,36,38-39H2,1-2H3,(H,43,46)/b6-4+,7-5-,13-11-,16-15-,19-18-,22-21-,25-24-,29-12+,37-35+. The third-order valence-corrected chi connectivity index (χ3v) is 7.31. The van der Waals surface area contributed by atoms with E-state index in [0.717, 1.165) is 89.9 Å². The van der Waals surface area contributed by atoms with Crippen LogP contribution in [0.5, 0.6) is 0 Å². The van der Waals surface area contributed by atoms with Crippen molar-refractivity contribution < 1.29 is 15.0 Å². The fourth-order valence-corrected chi connectivity index (χ4v) is 4.57. The zero-order chi connectivity index (χ0) is 33.6. The van der Waals surface area contributed by atoms with E-state index in [2.05, 4.69) is 109 Å². The topological polar surface area (TPSA) is 69.6 Å². The number of unbranched alkanes of at least 4 members (excludes halogenated alkanes) is 8. The summed E-state index contributed by atoms with van der Waals surface area (Å²) in [6.45, 7) is 3.91. The van der Waals surface area contributed by atoms with E-state index in [4.69, 9.17) is 0 Å². The number of hydrogen-bond acceptors (Lipinski definition) is 3. The van der Waals surface area contributed by atoms with Gasteiger partial charge in [0.1, 0.15) is 0 Å². The second-order valence-electron chi connectivity index (χ2n) is 11.5. The van der Waals surface area contributed by atoms with E-state index in [1.54, 1.807) is 6.08 Å². The lowest BCUT2D eigenvalue weighted by Crippen LogP contribution is -2.45. The Hall–Kier alpha value is -2.95. The van der Waals surface area contributed by atoms with Crippen molar-refractivity contribution in [2.24, 2.45) is 0 Å². The van der Waals surface area contributed by atoms with Gasteiger partial charge in [0.25, 0.3) is 0 Å². The third-order valence-electron chi connectivity index (χ3n) is 7.31. The minimum Gasteiger partial charge on any atom is -0.394 e. The number of nitrogens with one attached hydrogen (secondary N) is 1. The quantitative estimate of drug-likeness (QED) is 0.0544. The number of aliphatic hydroxyl groups excluding tert-OH is 2. The molecule has 0 aliphatic heterocycles. The maximum atomic E-state index is 12.3. The number of carbonyl (C=O) groups is 1. The van der Waals surface area contributed by atoms with Crippen molar-refractivity contribution in [2.45, 2.75) is 142 Å². The van der Waals surface area contributed by atoms with Gasteiger partial charge in [-0.05, 0) is 90.4 Å². The highest BCUT2D eigenvalue weighted by Gasteiger charge is 2.17. The molecule has 0 aliphatic rings. The molecule has 0 aromatic rings. The van der Waals surface area contributed by atoms with E-state index >= 15 is 0 Å². The first kappa shape index (κ1) is 43.0. The van der Waals surface area contributed by atoms with Crippen molar-refractivity contribution in [1.29, 1.82) is 0 Å². The van der Waals surface area contributed by atoms with Crippen LogP contribution in [0.15, 0.2) is 109 Å². The molecule has 0 radical (unpaired) electrons. The Morgan fingerprint density at radius 3 is 1.52 bits per heavy atom. The minimum atomic E-state index is -0.881. The molecule has 0 heterocycles. The third kappa shape index (κ3) is 32.4. The van der Waals surface area contributed by atoms with Crippen molar-refractivity contribution in [3.63, 3.8) is 0 Å². The SMILES string of the molecule is C/C=C/CC/C=C/CC/C=C/C(O)C(CO)NC(=O)CCCCCCCC/C=C\C/C=C\C/C=C\C/C=C\C/C=C\C/C=C\CC. The van der Waals surface area contributed by atoms with Gasteiger partial charge in [-0.25, -0.2) is 0 Å². The van der Waals surface area contributed by atoms with Gasteiger partial charge in [0.2, 0.25) is 5.91 Å². The molecular formula is C42H67NO3. The highest BCUT2D eigenvalue weighted by molar-refractivity contribution is 5.76. The molecule has 1 amide bonds. The van der Waals surface area contributed by atoms with Gasteiger partial charge in [-0.15, -0.1) is 0 Å². The van der Waals surface area contributed by atoms with Crippen LogP contribution in [0.4, 0.5) is 0 Å². The summed E-state index contributed by atoms with van der Waals surface area (Å²) in [5.41, 5.74) is 0. The lowest BCUT2D eigenvalue weighted by atomic mass is 10.1. The number of amides is 1. The molecule has 0 saturated carbocycles. The van der Waals surface area contributed by atoms with Crippen LogP contribution in [0.25, 0.3) is 0 Å². The molecule has 0 spiro atoms. The summed E-state index contributed by atoms with van der Waals surface area (Å²) < 4.78 is 0. The average molecular weight is 634 g/mol. The summed E-state index contributed by atoms with van der Waals surface area (Å²) in [5.74, 6) is -0.104. The van der Waals surface area contributed by atoms with Crippen LogP contribution >= 0.6 is 0 Å². The van der Waals surface area contributed by atoms with Gasteiger partial charge in [-0.2, -0.15) is 0 Å². The monoisotopic (exact) mass is 634 g/mol. The largest absolute Gasteiger partial charge is 0.394 e. The number of carbonyl (C=O) groups excluding carboxylic acids is 1. The zero-order valence-corrected chi connectivity index (χ0v) is 29.3. The van der Waals surface area contributed by atoms with Gasteiger partial charge in [-0.3, -0.25) is 4.79 Å². The molecule has 2 unspecified atom stereocenters. The maximum absolute atomic E-state index is 12.3. The Morgan fingerprint density at radius 1 is 0.565 bits per heavy atom. The first-order chi connectivity index (χ1) is 22.7. The number of aliphatic hydroxyl groups is 2. The first-order valence-corrected chi connectivity index (χ1v) is 18.1. The van der Waals surface area contributed by atoms with Crippen molar-refractivity contribution in [2.75, 3.05) is 6.61 Å². The molecule has 0 rings (SSSR count). The zero-order valence-electron chi connectivity index (χ0n) is 29.3. The van der Waals surface area contributed by atoms with E-state index < -0.39 is 12.1 Å². The van der Waals surface area contributed by atoms with E-state index in [1.165, 1.54) is 19.3 Å². The molecule has 2 atom stereocenters. The maximum Gasteiger partial charge on any atom is 0.220 e. The molecule has 0 aromatic carbocycles. The lowest BCUT2D eigenvalue weighted by molar-refractivity contribution is -0.123. The van der Waals surface area contributed by atoms with Crippen LogP contribution in [0.1, 0.15) is 129 Å². The average Bonchev–Trinajstić information content (AvgIpc) is 3.06. The van der Waals surface area contributed by atoms with Crippen LogP contribution in [0.3, 0.4) is 0 Å². The number of rotatable bonds is 30. The van der Waals surface area contributed by atoms with Gasteiger partial charge in [0, 0.05) is 6.42 Å². The van der Waals surface area contributed by atoms with Gasteiger partial charge in [-0.1, -0.05) is 142 Å². The molecule has 4 nitrogen and oxygen atoms in total. The van der Waals surface area contributed by atoms with Crippen molar-refractivity contribution in [1.82, 2.24) is 5.32 Å². The predicted octanol–water partition coefficient (Wildman–Crippen LogP) is 10.9. The van der Waals surface area contributed by atoms with Gasteiger partial charge >= 0.3 is 0 Å². The van der Waals surface area contributed by atoms with Crippen molar-refractivity contribution >= 4 is 5.91 Å². The normalized spacial score (nSPS) is 14.4. The van der Waals surface area contributed by atoms with Crippen molar-refractivity contribution in [3.05, 3.63) is 109 Å². The Labute approximate surface area is 283 Å². The minimum absolute atomic E-state index is 0.104. The Balaban J connectivity index is 3.72. The smallest absolute Gasteiger partial charge is 0.220 e. The van der Waals surface area contributed by atoms with E-state index in [0.29, 0.717) is 6.42 Å². The summed E-state index contributed by atoms with van der Waals surface area (Å²) in [5, 5.41) is 22.7. The molecule has 258 valence electrons. The van der Waals surface area contributed by atoms with Crippen LogP contribution < -0.4 is 5.32 Å². The molecule has 0 aromatic heterocycles. The van der Waals surface area contributed by atoms with Crippen molar-refractivity contribution in [3.8, 4) is 0 Å². The summed E-state index contributed by atoms with van der Waals surface area (Å²) in [4.78, 5) is 12.3. The Morgan fingerprint density at radius 2 is 1.00 bits per heavy atom. The highest BCUT2D eigenvalue weighted by Crippen LogP contribution is 2.10. The van der Waals surface area contributed by atoms with Gasteiger partial charge in [0.15, 0.2) is 0 Å². The molecule has 46 heavy (non-hydrogen) atoms. The second-order valence-corrected chi connectivity index (χ2v) is 11.5. The Kier molecular flexibility index (Phi) is 34.2. The first-order valence-electron chi connectivity index (χ1n) is 18.1. The lowest BCUT2D eigenvalue weighted by Gasteiger charge is -2.19. The molecule has 3 N–H and O–H groups in total. The second kappa shape index (κ2) is 36.5. The van der Waals surface area contributed by atoms with Gasteiger partial charge in [0.05, 0.1) is 18.8 Å². The summed E-state index contributed by atoms with van der Waals surface area (Å²) >= 11 is 0. The van der Waals surface area contributed by atoms with Crippen LogP contribution in [-0.4, -0.2) is 34.9 Å². The fourth-order valence-electron chi connectivity index (χ4n) is 4.57. The number of allylic oxidation sites excluding steroid dienone is 17.